The molecule has 0 aliphatic heterocycles. The number of halogens is 1. The molecule has 20 heavy (non-hydrogen) atoms. The number of rotatable bonds is 5. The summed E-state index contributed by atoms with van der Waals surface area (Å²) >= 11 is 0. The fraction of sp³-hybridized carbons (Fsp3) is 0.267. The van der Waals surface area contributed by atoms with Crippen molar-refractivity contribution in [3.05, 3.63) is 47.9 Å². The summed E-state index contributed by atoms with van der Waals surface area (Å²) in [5, 5.41) is 12.7. The normalized spacial score (nSPS) is 10.6. The second-order valence-electron chi connectivity index (χ2n) is 4.62. The Kier molecular flexibility index (Phi) is 4.40. The summed E-state index contributed by atoms with van der Waals surface area (Å²) in [5.41, 5.74) is 1.18. The molecule has 2 N–H and O–H groups in total. The van der Waals surface area contributed by atoms with Crippen LogP contribution in [0.4, 0.5) is 10.1 Å². The van der Waals surface area contributed by atoms with Gasteiger partial charge in [-0.1, -0.05) is 12.1 Å². The SMILES string of the molecule is CC(C)Oc1ncccc1NCc1cccc(F)c1O. The molecule has 0 amide bonds. The van der Waals surface area contributed by atoms with Crippen molar-refractivity contribution in [3.8, 4) is 11.6 Å². The summed E-state index contributed by atoms with van der Waals surface area (Å²) in [6, 6.07) is 8.03. The molecule has 0 fully saturated rings. The number of hydrogen-bond acceptors (Lipinski definition) is 4. The van der Waals surface area contributed by atoms with Gasteiger partial charge in [-0.25, -0.2) is 9.37 Å². The van der Waals surface area contributed by atoms with Crippen molar-refractivity contribution in [2.45, 2.75) is 26.5 Å². The lowest BCUT2D eigenvalue weighted by Crippen LogP contribution is -2.10. The van der Waals surface area contributed by atoms with Gasteiger partial charge in [0.05, 0.1) is 11.8 Å². The van der Waals surface area contributed by atoms with E-state index in [1.807, 2.05) is 19.9 Å². The number of para-hydroxylation sites is 1. The van der Waals surface area contributed by atoms with Crippen molar-refractivity contribution in [1.82, 2.24) is 4.98 Å². The standard InChI is InChI=1S/C15H17FN2O2/c1-10(2)20-15-13(7-4-8-17-15)18-9-11-5-3-6-12(16)14(11)19/h3-8,10,18-19H,9H2,1-2H3. The first-order chi connectivity index (χ1) is 9.58. The summed E-state index contributed by atoms with van der Waals surface area (Å²) in [4.78, 5) is 4.15. The maximum Gasteiger partial charge on any atom is 0.237 e. The third-order valence-electron chi connectivity index (χ3n) is 2.66. The van der Waals surface area contributed by atoms with E-state index in [1.54, 1.807) is 24.4 Å². The van der Waals surface area contributed by atoms with Crippen molar-refractivity contribution in [1.29, 1.82) is 0 Å². The number of aromatic hydroxyl groups is 1. The van der Waals surface area contributed by atoms with Crippen LogP contribution in [0.15, 0.2) is 36.5 Å². The lowest BCUT2D eigenvalue weighted by Gasteiger charge is -2.14. The molecule has 0 aliphatic rings. The lowest BCUT2D eigenvalue weighted by atomic mass is 10.2. The zero-order valence-electron chi connectivity index (χ0n) is 11.4. The Morgan fingerprint density at radius 3 is 2.85 bits per heavy atom. The maximum absolute atomic E-state index is 13.2. The number of phenolic OH excluding ortho intramolecular Hbond substituents is 1. The molecule has 0 saturated heterocycles. The molecule has 4 nitrogen and oxygen atoms in total. The summed E-state index contributed by atoms with van der Waals surface area (Å²) < 4.78 is 18.8. The first-order valence-electron chi connectivity index (χ1n) is 6.40. The smallest absolute Gasteiger partial charge is 0.237 e. The van der Waals surface area contributed by atoms with Gasteiger partial charge in [0.15, 0.2) is 11.6 Å². The first-order valence-corrected chi connectivity index (χ1v) is 6.40. The molecule has 0 aliphatic carbocycles. The average Bonchev–Trinajstić information content (AvgIpc) is 2.41. The highest BCUT2D eigenvalue weighted by Crippen LogP contribution is 2.25. The number of anilines is 1. The van der Waals surface area contributed by atoms with Crippen LogP contribution in [0.1, 0.15) is 19.4 Å². The number of benzene rings is 1. The molecule has 0 atom stereocenters. The van der Waals surface area contributed by atoms with E-state index in [4.69, 9.17) is 4.74 Å². The second-order valence-corrected chi connectivity index (χ2v) is 4.62. The van der Waals surface area contributed by atoms with Crippen molar-refractivity contribution in [3.63, 3.8) is 0 Å². The summed E-state index contributed by atoms with van der Waals surface area (Å²) in [7, 11) is 0. The minimum absolute atomic E-state index is 0.00743. The van der Waals surface area contributed by atoms with Crippen molar-refractivity contribution in [2.75, 3.05) is 5.32 Å². The third-order valence-corrected chi connectivity index (χ3v) is 2.66. The molecular formula is C15H17FN2O2. The van der Waals surface area contributed by atoms with Gasteiger partial charge in [-0.05, 0) is 32.0 Å². The zero-order valence-corrected chi connectivity index (χ0v) is 11.4. The van der Waals surface area contributed by atoms with Crippen LogP contribution in [0.5, 0.6) is 11.6 Å². The van der Waals surface area contributed by atoms with Crippen LogP contribution in [0.3, 0.4) is 0 Å². The van der Waals surface area contributed by atoms with Gasteiger partial charge in [-0.15, -0.1) is 0 Å². The largest absolute Gasteiger partial charge is 0.505 e. The van der Waals surface area contributed by atoms with Crippen LogP contribution in [0.25, 0.3) is 0 Å². The van der Waals surface area contributed by atoms with E-state index >= 15 is 0 Å². The first kappa shape index (κ1) is 14.1. The van der Waals surface area contributed by atoms with E-state index in [9.17, 15) is 9.50 Å². The highest BCUT2D eigenvalue weighted by Gasteiger charge is 2.09. The summed E-state index contributed by atoms with van der Waals surface area (Å²) in [6.45, 7) is 4.11. The third kappa shape index (κ3) is 3.38. The number of aromatic nitrogens is 1. The predicted molar refractivity (Wildman–Crippen MR) is 75.4 cm³/mol. The molecule has 1 aromatic carbocycles. The van der Waals surface area contributed by atoms with Crippen molar-refractivity contribution >= 4 is 5.69 Å². The monoisotopic (exact) mass is 276 g/mol. The van der Waals surface area contributed by atoms with Gasteiger partial charge in [0.25, 0.3) is 0 Å². The van der Waals surface area contributed by atoms with Gasteiger partial charge in [0, 0.05) is 18.3 Å². The van der Waals surface area contributed by atoms with Gasteiger partial charge in [-0.3, -0.25) is 0 Å². The van der Waals surface area contributed by atoms with Crippen LogP contribution in [-0.4, -0.2) is 16.2 Å². The summed E-state index contributed by atoms with van der Waals surface area (Å²) in [5.74, 6) is -0.484. The molecule has 2 aromatic rings. The molecule has 2 rings (SSSR count). The van der Waals surface area contributed by atoms with E-state index < -0.39 is 5.82 Å². The molecule has 106 valence electrons. The van der Waals surface area contributed by atoms with Crippen LogP contribution in [0, 0.1) is 5.82 Å². The highest BCUT2D eigenvalue weighted by molar-refractivity contribution is 5.53. The van der Waals surface area contributed by atoms with Gasteiger partial charge in [0.2, 0.25) is 5.88 Å². The molecule has 1 aromatic heterocycles. The fourth-order valence-corrected chi connectivity index (χ4v) is 1.74. The average molecular weight is 276 g/mol. The molecular weight excluding hydrogens is 259 g/mol. The van der Waals surface area contributed by atoms with Crippen LogP contribution >= 0.6 is 0 Å². The molecule has 0 bridgehead atoms. The molecule has 5 heteroatoms. The Labute approximate surface area is 117 Å². The van der Waals surface area contributed by atoms with Gasteiger partial charge < -0.3 is 15.2 Å². The van der Waals surface area contributed by atoms with Crippen LogP contribution in [-0.2, 0) is 6.54 Å². The minimum atomic E-state index is -0.630. The van der Waals surface area contributed by atoms with Crippen molar-refractivity contribution < 1.29 is 14.2 Å². The Bertz CT molecular complexity index is 588. The van der Waals surface area contributed by atoms with Crippen LogP contribution < -0.4 is 10.1 Å². The molecule has 0 radical (unpaired) electrons. The quantitative estimate of drug-likeness (QED) is 0.879. The maximum atomic E-state index is 13.2. The number of nitrogens with zero attached hydrogens (tertiary/aromatic N) is 1. The van der Waals surface area contributed by atoms with Gasteiger partial charge in [0.1, 0.15) is 0 Å². The lowest BCUT2D eigenvalue weighted by molar-refractivity contribution is 0.234. The Balaban J connectivity index is 2.13. The Morgan fingerprint density at radius 2 is 2.10 bits per heavy atom. The second kappa shape index (κ2) is 6.23. The van der Waals surface area contributed by atoms with E-state index in [0.29, 0.717) is 17.1 Å². The van der Waals surface area contributed by atoms with Gasteiger partial charge in [-0.2, -0.15) is 0 Å². The number of hydrogen-bond donors (Lipinski definition) is 2. The Hall–Kier alpha value is -2.30. The molecule has 0 saturated carbocycles. The molecule has 1 heterocycles. The van der Waals surface area contributed by atoms with E-state index in [1.165, 1.54) is 6.07 Å². The molecule has 0 spiro atoms. The summed E-state index contributed by atoms with van der Waals surface area (Å²) in [6.07, 6.45) is 1.65. The Morgan fingerprint density at radius 1 is 1.30 bits per heavy atom. The number of phenols is 1. The van der Waals surface area contributed by atoms with Gasteiger partial charge >= 0.3 is 0 Å². The fourth-order valence-electron chi connectivity index (χ4n) is 1.74. The van der Waals surface area contributed by atoms with Crippen molar-refractivity contribution in [2.24, 2.45) is 0 Å². The number of ether oxygens (including phenoxy) is 1. The van der Waals surface area contributed by atoms with Crippen LogP contribution in [0.2, 0.25) is 0 Å². The topological polar surface area (TPSA) is 54.4 Å². The van der Waals surface area contributed by atoms with E-state index in [0.717, 1.165) is 0 Å². The zero-order chi connectivity index (χ0) is 14.5. The van der Waals surface area contributed by atoms with E-state index in [-0.39, 0.29) is 18.4 Å². The number of pyridine rings is 1. The predicted octanol–water partition coefficient (Wildman–Crippen LogP) is 3.33. The molecule has 0 unspecified atom stereocenters. The number of nitrogens with one attached hydrogen (secondary N) is 1. The minimum Gasteiger partial charge on any atom is -0.505 e. The van der Waals surface area contributed by atoms with E-state index in [2.05, 4.69) is 10.3 Å². The highest BCUT2D eigenvalue weighted by atomic mass is 19.1.